The average Bonchev–Trinajstić information content (AvgIpc) is 3.09. The number of rotatable bonds is 6. The van der Waals surface area contributed by atoms with Crippen molar-refractivity contribution in [1.29, 1.82) is 0 Å². The van der Waals surface area contributed by atoms with Crippen LogP contribution in [0.4, 0.5) is 10.8 Å². The summed E-state index contributed by atoms with van der Waals surface area (Å²) >= 11 is 14.3. The molecule has 2 amide bonds. The zero-order valence-corrected chi connectivity index (χ0v) is 17.7. The Hall–Kier alpha value is -2.13. The number of amides is 2. The van der Waals surface area contributed by atoms with Gasteiger partial charge in [-0.1, -0.05) is 64.5 Å². The summed E-state index contributed by atoms with van der Waals surface area (Å²) in [6, 6.07) is 12.2. The number of carbonyl (C=O) groups excluding carboxylic acids is 2. The Kier molecular flexibility index (Phi) is 6.90. The van der Waals surface area contributed by atoms with Gasteiger partial charge >= 0.3 is 0 Å². The maximum absolute atomic E-state index is 12.3. The van der Waals surface area contributed by atoms with Crippen molar-refractivity contribution in [1.82, 2.24) is 10.2 Å². The SMILES string of the molecule is Cc1ccccc1NC(=O)CSc1nnc(NC(=O)c2ccc(Cl)cc2Cl)s1. The molecule has 0 aliphatic rings. The predicted octanol–water partition coefficient (Wildman–Crippen LogP) is 5.14. The number of aryl methyl sites for hydroxylation is 1. The van der Waals surface area contributed by atoms with Gasteiger partial charge in [0.2, 0.25) is 11.0 Å². The molecule has 6 nitrogen and oxygen atoms in total. The van der Waals surface area contributed by atoms with Crippen molar-refractivity contribution >= 4 is 68.9 Å². The molecule has 0 aliphatic carbocycles. The predicted molar refractivity (Wildman–Crippen MR) is 115 cm³/mol. The molecule has 2 aromatic carbocycles. The molecule has 1 aromatic heterocycles. The van der Waals surface area contributed by atoms with Gasteiger partial charge in [-0.05, 0) is 36.8 Å². The van der Waals surface area contributed by atoms with E-state index >= 15 is 0 Å². The second-order valence-electron chi connectivity index (χ2n) is 5.60. The third kappa shape index (κ3) is 5.45. The van der Waals surface area contributed by atoms with E-state index in [9.17, 15) is 9.59 Å². The standard InChI is InChI=1S/C18H14Cl2N4O2S2/c1-10-4-2-3-5-14(10)21-15(25)9-27-18-24-23-17(28-18)22-16(26)12-7-6-11(19)8-13(12)20/h2-8H,9H2,1H3,(H,21,25)(H,22,23,26). The number of nitrogens with zero attached hydrogens (tertiary/aromatic N) is 2. The van der Waals surface area contributed by atoms with E-state index in [4.69, 9.17) is 23.2 Å². The van der Waals surface area contributed by atoms with Crippen LogP contribution in [0, 0.1) is 6.92 Å². The molecular weight excluding hydrogens is 439 g/mol. The van der Waals surface area contributed by atoms with Gasteiger partial charge in [-0.3, -0.25) is 14.9 Å². The van der Waals surface area contributed by atoms with Crippen LogP contribution in [0.15, 0.2) is 46.8 Å². The Labute approximate surface area is 179 Å². The van der Waals surface area contributed by atoms with Crippen molar-refractivity contribution in [3.63, 3.8) is 0 Å². The summed E-state index contributed by atoms with van der Waals surface area (Å²) in [5.74, 6) is -0.375. The molecule has 0 atom stereocenters. The number of anilines is 2. The number of halogens is 2. The van der Waals surface area contributed by atoms with Gasteiger partial charge in [0, 0.05) is 10.7 Å². The van der Waals surface area contributed by atoms with Crippen LogP contribution in [-0.2, 0) is 4.79 Å². The van der Waals surface area contributed by atoms with Gasteiger partial charge in [-0.15, -0.1) is 10.2 Å². The summed E-state index contributed by atoms with van der Waals surface area (Å²) < 4.78 is 0.567. The Morgan fingerprint density at radius 1 is 1.11 bits per heavy atom. The quantitative estimate of drug-likeness (QED) is 0.399. The lowest BCUT2D eigenvalue weighted by atomic mass is 10.2. The molecule has 3 rings (SSSR count). The van der Waals surface area contributed by atoms with Crippen LogP contribution in [0.1, 0.15) is 15.9 Å². The van der Waals surface area contributed by atoms with Crippen LogP contribution >= 0.6 is 46.3 Å². The van der Waals surface area contributed by atoms with Crippen molar-refractivity contribution in [2.45, 2.75) is 11.3 Å². The Bertz CT molecular complexity index is 1030. The second-order valence-corrected chi connectivity index (χ2v) is 8.65. The molecule has 0 bridgehead atoms. The number of nitrogens with one attached hydrogen (secondary N) is 2. The average molecular weight is 453 g/mol. The van der Waals surface area contributed by atoms with Crippen molar-refractivity contribution in [2.75, 3.05) is 16.4 Å². The summed E-state index contributed by atoms with van der Waals surface area (Å²) in [7, 11) is 0. The van der Waals surface area contributed by atoms with Crippen molar-refractivity contribution in [3.05, 3.63) is 63.6 Å². The van der Waals surface area contributed by atoms with Gasteiger partial charge in [0.05, 0.1) is 16.3 Å². The minimum Gasteiger partial charge on any atom is -0.325 e. The molecule has 0 spiro atoms. The highest BCUT2D eigenvalue weighted by atomic mass is 35.5. The molecule has 1 heterocycles. The lowest BCUT2D eigenvalue weighted by Gasteiger charge is -2.06. The van der Waals surface area contributed by atoms with E-state index in [1.54, 1.807) is 6.07 Å². The van der Waals surface area contributed by atoms with E-state index in [1.165, 1.54) is 35.2 Å². The van der Waals surface area contributed by atoms with Crippen molar-refractivity contribution in [2.24, 2.45) is 0 Å². The van der Waals surface area contributed by atoms with Crippen LogP contribution in [0.2, 0.25) is 10.0 Å². The topological polar surface area (TPSA) is 84.0 Å². The van der Waals surface area contributed by atoms with Gasteiger partial charge < -0.3 is 5.32 Å². The molecule has 0 saturated heterocycles. The largest absolute Gasteiger partial charge is 0.325 e. The highest BCUT2D eigenvalue weighted by molar-refractivity contribution is 8.01. The normalized spacial score (nSPS) is 10.5. The summed E-state index contributed by atoms with van der Waals surface area (Å²) in [6.07, 6.45) is 0. The molecular formula is C18H14Cl2N4O2S2. The number of thioether (sulfide) groups is 1. The second kappa shape index (κ2) is 9.38. The fourth-order valence-electron chi connectivity index (χ4n) is 2.18. The van der Waals surface area contributed by atoms with Crippen molar-refractivity contribution in [3.8, 4) is 0 Å². The number of benzene rings is 2. The molecule has 0 unspecified atom stereocenters. The maximum atomic E-state index is 12.3. The zero-order chi connectivity index (χ0) is 20.1. The van der Waals surface area contributed by atoms with Crippen LogP contribution in [0.3, 0.4) is 0 Å². The first-order valence-electron chi connectivity index (χ1n) is 8.00. The van der Waals surface area contributed by atoms with Crippen LogP contribution < -0.4 is 10.6 Å². The molecule has 10 heteroatoms. The van der Waals surface area contributed by atoms with Gasteiger partial charge in [0.1, 0.15) is 0 Å². The van der Waals surface area contributed by atoms with Crippen LogP contribution in [0.5, 0.6) is 0 Å². The molecule has 0 aliphatic heterocycles. The first-order valence-corrected chi connectivity index (χ1v) is 10.6. The number of carbonyl (C=O) groups is 2. The lowest BCUT2D eigenvalue weighted by Crippen LogP contribution is -2.14. The third-order valence-corrected chi connectivity index (χ3v) is 6.07. The van der Waals surface area contributed by atoms with E-state index in [1.807, 2.05) is 31.2 Å². The van der Waals surface area contributed by atoms with Crippen LogP contribution in [0.25, 0.3) is 0 Å². The first kappa shape index (κ1) is 20.6. The summed E-state index contributed by atoms with van der Waals surface area (Å²) in [4.78, 5) is 24.4. The monoisotopic (exact) mass is 452 g/mol. The molecule has 0 radical (unpaired) electrons. The molecule has 0 saturated carbocycles. The summed E-state index contributed by atoms with van der Waals surface area (Å²) in [5, 5.41) is 14.4. The van der Waals surface area contributed by atoms with Gasteiger partial charge in [-0.25, -0.2) is 0 Å². The number of aromatic nitrogens is 2. The molecule has 144 valence electrons. The highest BCUT2D eigenvalue weighted by Gasteiger charge is 2.14. The molecule has 0 fully saturated rings. The maximum Gasteiger partial charge on any atom is 0.259 e. The summed E-state index contributed by atoms with van der Waals surface area (Å²) in [6.45, 7) is 1.93. The highest BCUT2D eigenvalue weighted by Crippen LogP contribution is 2.27. The van der Waals surface area contributed by atoms with Gasteiger partial charge in [0.25, 0.3) is 5.91 Å². The fraction of sp³-hybridized carbons (Fsp3) is 0.111. The van der Waals surface area contributed by atoms with Crippen LogP contribution in [-0.4, -0.2) is 27.8 Å². The minimum atomic E-state index is -0.410. The summed E-state index contributed by atoms with van der Waals surface area (Å²) in [5.41, 5.74) is 2.05. The molecule has 2 N–H and O–H groups in total. The molecule has 3 aromatic rings. The Balaban J connectivity index is 1.54. The fourth-order valence-corrected chi connectivity index (χ4v) is 4.22. The Morgan fingerprint density at radius 3 is 2.64 bits per heavy atom. The number of hydrogen-bond donors (Lipinski definition) is 2. The third-order valence-electron chi connectivity index (χ3n) is 3.55. The minimum absolute atomic E-state index is 0.145. The van der Waals surface area contributed by atoms with E-state index in [0.717, 1.165) is 11.3 Å². The van der Waals surface area contributed by atoms with Gasteiger partial charge in [0.15, 0.2) is 4.34 Å². The number of para-hydroxylation sites is 1. The first-order chi connectivity index (χ1) is 13.4. The Morgan fingerprint density at radius 2 is 1.89 bits per heavy atom. The smallest absolute Gasteiger partial charge is 0.259 e. The van der Waals surface area contributed by atoms with Gasteiger partial charge in [-0.2, -0.15) is 0 Å². The molecule has 28 heavy (non-hydrogen) atoms. The lowest BCUT2D eigenvalue weighted by molar-refractivity contribution is -0.113. The van der Waals surface area contributed by atoms with Crippen molar-refractivity contribution < 1.29 is 9.59 Å². The van der Waals surface area contributed by atoms with E-state index in [-0.39, 0.29) is 22.2 Å². The van der Waals surface area contributed by atoms with E-state index in [2.05, 4.69) is 20.8 Å². The number of hydrogen-bond acceptors (Lipinski definition) is 6. The van der Waals surface area contributed by atoms with E-state index in [0.29, 0.717) is 14.5 Å². The zero-order valence-electron chi connectivity index (χ0n) is 14.5. The van der Waals surface area contributed by atoms with E-state index < -0.39 is 5.91 Å².